The molecule has 0 bridgehead atoms. The first-order valence-corrected chi connectivity index (χ1v) is 15.4. The molecular formula is C36H33N3O5S. The number of para-hydroxylation sites is 1. The summed E-state index contributed by atoms with van der Waals surface area (Å²) in [4.78, 5) is 33.7. The monoisotopic (exact) mass is 619 g/mol. The van der Waals surface area contributed by atoms with Crippen molar-refractivity contribution in [3.8, 4) is 11.5 Å². The smallest absolute Gasteiger partial charge is 0.338 e. The molecule has 6 rings (SSSR count). The van der Waals surface area contributed by atoms with Gasteiger partial charge in [-0.1, -0.05) is 65.9 Å². The summed E-state index contributed by atoms with van der Waals surface area (Å²) in [7, 11) is 3.12. The maximum absolute atomic E-state index is 14.5. The number of thiazole rings is 1. The fourth-order valence-corrected chi connectivity index (χ4v) is 6.90. The lowest BCUT2D eigenvalue weighted by atomic mass is 9.92. The van der Waals surface area contributed by atoms with Gasteiger partial charge in [-0.25, -0.2) is 9.79 Å². The van der Waals surface area contributed by atoms with Crippen LogP contribution in [-0.4, -0.2) is 35.9 Å². The van der Waals surface area contributed by atoms with Crippen LogP contribution in [0.4, 0.5) is 0 Å². The van der Waals surface area contributed by atoms with Crippen LogP contribution in [0.2, 0.25) is 0 Å². The SMILES string of the molecule is C=CCn1c(C)c(/C=c2\sc3n(c2=O)[C@H](c2ccc(OC)cc2OC)C(C(=O)OCC)=C(c2ccccc2)N=3)c2ccccc21. The predicted octanol–water partition coefficient (Wildman–Crippen LogP) is 5.40. The number of esters is 1. The van der Waals surface area contributed by atoms with Crippen molar-refractivity contribution in [3.63, 3.8) is 0 Å². The molecule has 9 heteroatoms. The van der Waals surface area contributed by atoms with Crippen LogP contribution in [0.5, 0.6) is 11.5 Å². The molecule has 0 unspecified atom stereocenters. The first-order chi connectivity index (χ1) is 21.9. The maximum atomic E-state index is 14.5. The molecule has 0 spiro atoms. The van der Waals surface area contributed by atoms with E-state index in [2.05, 4.69) is 23.3 Å². The van der Waals surface area contributed by atoms with Crippen molar-refractivity contribution in [1.29, 1.82) is 0 Å². The van der Waals surface area contributed by atoms with Crippen LogP contribution in [0, 0.1) is 6.92 Å². The molecule has 1 atom stereocenters. The van der Waals surface area contributed by atoms with E-state index in [0.29, 0.717) is 38.6 Å². The summed E-state index contributed by atoms with van der Waals surface area (Å²) in [5.41, 5.74) is 4.81. The first kappa shape index (κ1) is 29.9. The van der Waals surface area contributed by atoms with E-state index in [1.165, 1.54) is 11.3 Å². The van der Waals surface area contributed by atoms with Gasteiger partial charge in [0, 0.05) is 45.9 Å². The molecular weight excluding hydrogens is 586 g/mol. The van der Waals surface area contributed by atoms with Gasteiger partial charge in [0.1, 0.15) is 17.5 Å². The number of nitrogens with zero attached hydrogens (tertiary/aromatic N) is 3. The minimum atomic E-state index is -0.873. The fraction of sp³-hybridized carbons (Fsp3) is 0.194. The summed E-state index contributed by atoms with van der Waals surface area (Å²) in [5, 5.41) is 1.04. The topological polar surface area (TPSA) is 84.0 Å². The van der Waals surface area contributed by atoms with E-state index >= 15 is 0 Å². The Labute approximate surface area is 264 Å². The van der Waals surface area contributed by atoms with Crippen LogP contribution in [0.1, 0.15) is 35.3 Å². The van der Waals surface area contributed by atoms with E-state index in [1.807, 2.05) is 67.6 Å². The molecule has 45 heavy (non-hydrogen) atoms. The van der Waals surface area contributed by atoms with Gasteiger partial charge >= 0.3 is 5.97 Å². The number of methoxy groups -OCH3 is 2. The first-order valence-electron chi connectivity index (χ1n) is 14.6. The Kier molecular flexibility index (Phi) is 8.28. The molecule has 0 N–H and O–H groups in total. The van der Waals surface area contributed by atoms with Crippen LogP contribution in [-0.2, 0) is 16.1 Å². The van der Waals surface area contributed by atoms with Crippen molar-refractivity contribution in [3.05, 3.63) is 133 Å². The number of ether oxygens (including phenoxy) is 3. The van der Waals surface area contributed by atoms with Gasteiger partial charge in [-0.3, -0.25) is 9.36 Å². The van der Waals surface area contributed by atoms with Gasteiger partial charge < -0.3 is 18.8 Å². The third-order valence-corrected chi connectivity index (χ3v) is 8.96. The molecule has 1 aliphatic heterocycles. The van der Waals surface area contributed by atoms with Gasteiger partial charge in [0.15, 0.2) is 4.80 Å². The van der Waals surface area contributed by atoms with Crippen molar-refractivity contribution in [1.82, 2.24) is 9.13 Å². The third kappa shape index (κ3) is 5.19. The largest absolute Gasteiger partial charge is 0.497 e. The van der Waals surface area contributed by atoms with Gasteiger partial charge in [0.25, 0.3) is 5.56 Å². The molecule has 0 saturated heterocycles. The maximum Gasteiger partial charge on any atom is 0.338 e. The molecule has 1 aliphatic rings. The highest BCUT2D eigenvalue weighted by molar-refractivity contribution is 7.07. The molecule has 3 heterocycles. The average molecular weight is 620 g/mol. The van der Waals surface area contributed by atoms with E-state index < -0.39 is 12.0 Å². The van der Waals surface area contributed by atoms with Crippen LogP contribution in [0.15, 0.2) is 101 Å². The molecule has 8 nitrogen and oxygen atoms in total. The van der Waals surface area contributed by atoms with E-state index in [1.54, 1.807) is 37.8 Å². The zero-order valence-electron chi connectivity index (χ0n) is 25.6. The van der Waals surface area contributed by atoms with E-state index in [9.17, 15) is 9.59 Å². The zero-order chi connectivity index (χ0) is 31.7. The Hall–Kier alpha value is -5.15. The highest BCUT2D eigenvalue weighted by atomic mass is 32.1. The van der Waals surface area contributed by atoms with Crippen molar-refractivity contribution in [2.45, 2.75) is 26.4 Å². The van der Waals surface area contributed by atoms with Gasteiger partial charge in [-0.05, 0) is 38.1 Å². The van der Waals surface area contributed by atoms with Gasteiger partial charge in [-0.2, -0.15) is 0 Å². The summed E-state index contributed by atoms with van der Waals surface area (Å²) in [6.45, 7) is 8.53. The summed E-state index contributed by atoms with van der Waals surface area (Å²) in [5.74, 6) is 0.494. The van der Waals surface area contributed by atoms with Gasteiger partial charge in [0.2, 0.25) is 0 Å². The quantitative estimate of drug-likeness (QED) is 0.163. The minimum Gasteiger partial charge on any atom is -0.497 e. The molecule has 2 aromatic heterocycles. The standard InChI is InChI=1S/C36H33N3O5S/c1-6-19-38-22(3)27(25-15-11-12-16-28(25)38)21-30-34(40)39-33(26-18-17-24(42-4)20-29(26)43-5)31(35(41)44-7-2)32(37-36(39)45-30)23-13-9-8-10-14-23/h6,8-18,20-21,33H,1,7,19H2,2-5H3/b30-21-/t33-/m1/s1. The second-order valence-electron chi connectivity index (χ2n) is 10.5. The van der Waals surface area contributed by atoms with E-state index in [-0.39, 0.29) is 17.7 Å². The molecule has 0 saturated carbocycles. The second kappa shape index (κ2) is 12.5. The number of fused-ring (bicyclic) bond motifs is 2. The second-order valence-corrected chi connectivity index (χ2v) is 11.5. The van der Waals surface area contributed by atoms with Gasteiger partial charge in [0.05, 0.1) is 36.6 Å². The fourth-order valence-electron chi connectivity index (χ4n) is 5.91. The zero-order valence-corrected chi connectivity index (χ0v) is 26.4. The predicted molar refractivity (Wildman–Crippen MR) is 177 cm³/mol. The summed E-state index contributed by atoms with van der Waals surface area (Å²) >= 11 is 1.29. The number of benzene rings is 3. The van der Waals surface area contributed by atoms with E-state index in [4.69, 9.17) is 19.2 Å². The Morgan fingerprint density at radius 2 is 1.80 bits per heavy atom. The number of allylic oxidation sites excluding steroid dienone is 1. The lowest BCUT2D eigenvalue weighted by Gasteiger charge is -2.27. The molecule has 5 aromatic rings. The number of hydrogen-bond acceptors (Lipinski definition) is 7. The lowest BCUT2D eigenvalue weighted by Crippen LogP contribution is -2.40. The van der Waals surface area contributed by atoms with Gasteiger partial charge in [-0.15, -0.1) is 6.58 Å². The van der Waals surface area contributed by atoms with Crippen molar-refractivity contribution in [2.75, 3.05) is 20.8 Å². The molecule has 228 valence electrons. The minimum absolute atomic E-state index is 0.162. The molecule has 0 radical (unpaired) electrons. The summed E-state index contributed by atoms with van der Waals surface area (Å²) < 4.78 is 21.1. The Bertz CT molecular complexity index is 2150. The molecule has 3 aromatic carbocycles. The van der Waals surface area contributed by atoms with Crippen molar-refractivity contribution < 1.29 is 19.0 Å². The Morgan fingerprint density at radius 3 is 2.51 bits per heavy atom. The number of rotatable bonds is 9. The summed E-state index contributed by atoms with van der Waals surface area (Å²) in [6, 6.07) is 22.1. The molecule has 0 fully saturated rings. The number of hydrogen-bond donors (Lipinski definition) is 0. The lowest BCUT2D eigenvalue weighted by molar-refractivity contribution is -0.138. The van der Waals surface area contributed by atoms with Crippen LogP contribution in [0.25, 0.3) is 22.7 Å². The third-order valence-electron chi connectivity index (χ3n) is 7.98. The number of carbonyl (C=O) groups is 1. The number of carbonyl (C=O) groups excluding carboxylic acids is 1. The Balaban J connectivity index is 1.69. The van der Waals surface area contributed by atoms with Crippen LogP contribution in [0.3, 0.4) is 0 Å². The van der Waals surface area contributed by atoms with Crippen LogP contribution < -0.4 is 24.4 Å². The Morgan fingerprint density at radius 1 is 1.04 bits per heavy atom. The number of aromatic nitrogens is 2. The molecule has 0 amide bonds. The summed E-state index contributed by atoms with van der Waals surface area (Å²) in [6.07, 6.45) is 3.79. The highest BCUT2D eigenvalue weighted by Crippen LogP contribution is 2.40. The van der Waals surface area contributed by atoms with Crippen LogP contribution >= 0.6 is 11.3 Å². The highest BCUT2D eigenvalue weighted by Gasteiger charge is 2.37. The van der Waals surface area contributed by atoms with Crippen molar-refractivity contribution in [2.24, 2.45) is 4.99 Å². The van der Waals surface area contributed by atoms with E-state index in [0.717, 1.165) is 27.7 Å². The molecule has 0 aliphatic carbocycles. The normalized spacial score (nSPS) is 14.7. The average Bonchev–Trinajstić information content (AvgIpc) is 3.52. The van der Waals surface area contributed by atoms with Crippen molar-refractivity contribution >= 4 is 40.0 Å².